The van der Waals surface area contributed by atoms with Crippen LogP contribution in [-0.4, -0.2) is 47.4 Å². The van der Waals surface area contributed by atoms with Crippen LogP contribution in [0.4, 0.5) is 0 Å². The average Bonchev–Trinajstić information content (AvgIpc) is 3.19. The van der Waals surface area contributed by atoms with Crippen molar-refractivity contribution in [1.29, 1.82) is 0 Å². The van der Waals surface area contributed by atoms with Crippen LogP contribution >= 0.6 is 22.9 Å². The molecule has 0 radical (unpaired) electrons. The molecule has 2 heterocycles. The summed E-state index contributed by atoms with van der Waals surface area (Å²) >= 11 is 7.90. The summed E-state index contributed by atoms with van der Waals surface area (Å²) in [5, 5.41) is 0.765. The Morgan fingerprint density at radius 3 is 2.60 bits per heavy atom. The van der Waals surface area contributed by atoms with E-state index in [4.69, 9.17) is 17.3 Å². The molecule has 2 aliphatic rings. The Bertz CT molecular complexity index is 778. The lowest BCUT2D eigenvalue weighted by Crippen LogP contribution is -2.53. The molecule has 0 unspecified atom stereocenters. The van der Waals surface area contributed by atoms with E-state index in [1.165, 1.54) is 9.75 Å². The second kappa shape index (κ2) is 6.72. The van der Waals surface area contributed by atoms with Crippen molar-refractivity contribution in [2.45, 2.75) is 24.9 Å². The fourth-order valence-corrected chi connectivity index (χ4v) is 4.49. The van der Waals surface area contributed by atoms with Gasteiger partial charge in [-0.25, -0.2) is 0 Å². The van der Waals surface area contributed by atoms with Gasteiger partial charge in [0.05, 0.1) is 5.54 Å². The first-order valence-electron chi connectivity index (χ1n) is 8.69. The molecular weight excluding hydrogens is 354 g/mol. The van der Waals surface area contributed by atoms with Crippen LogP contribution in [0.3, 0.4) is 0 Å². The highest BCUT2D eigenvalue weighted by atomic mass is 35.5. The molecule has 1 aliphatic heterocycles. The maximum Gasteiger partial charge on any atom is 0.242 e. The van der Waals surface area contributed by atoms with Crippen LogP contribution in [-0.2, 0) is 11.3 Å². The normalized spacial score (nSPS) is 19.8. The van der Waals surface area contributed by atoms with Gasteiger partial charge < -0.3 is 10.6 Å². The van der Waals surface area contributed by atoms with Crippen molar-refractivity contribution in [3.8, 4) is 10.4 Å². The van der Waals surface area contributed by atoms with E-state index >= 15 is 0 Å². The second-order valence-electron chi connectivity index (χ2n) is 7.00. The fraction of sp³-hybridized carbons (Fsp3) is 0.421. The molecule has 4 rings (SSSR count). The van der Waals surface area contributed by atoms with Crippen LogP contribution in [0.15, 0.2) is 36.4 Å². The molecule has 2 N–H and O–H groups in total. The number of piperazine rings is 1. The number of halogens is 1. The molecule has 1 aromatic heterocycles. The van der Waals surface area contributed by atoms with Crippen LogP contribution in [0.1, 0.15) is 17.7 Å². The number of hydrogen-bond acceptors (Lipinski definition) is 4. The van der Waals surface area contributed by atoms with Crippen molar-refractivity contribution >= 4 is 28.8 Å². The minimum atomic E-state index is -0.540. The molecule has 1 aliphatic carbocycles. The van der Waals surface area contributed by atoms with E-state index in [0.29, 0.717) is 0 Å². The van der Waals surface area contributed by atoms with Crippen LogP contribution in [0, 0.1) is 0 Å². The van der Waals surface area contributed by atoms with Crippen LogP contribution in [0.2, 0.25) is 5.02 Å². The van der Waals surface area contributed by atoms with Gasteiger partial charge >= 0.3 is 0 Å². The number of nitrogens with zero attached hydrogens (tertiary/aromatic N) is 2. The number of thiophene rings is 1. The Kier molecular flexibility index (Phi) is 4.58. The third-order valence-electron chi connectivity index (χ3n) is 5.02. The van der Waals surface area contributed by atoms with Crippen molar-refractivity contribution in [2.24, 2.45) is 5.73 Å². The lowest BCUT2D eigenvalue weighted by Gasteiger charge is -2.35. The Morgan fingerprint density at radius 1 is 1.16 bits per heavy atom. The minimum Gasteiger partial charge on any atom is -0.339 e. The fourth-order valence-electron chi connectivity index (χ4n) is 3.25. The largest absolute Gasteiger partial charge is 0.339 e. The zero-order valence-corrected chi connectivity index (χ0v) is 15.7. The molecule has 1 saturated heterocycles. The molecule has 6 heteroatoms. The monoisotopic (exact) mass is 375 g/mol. The minimum absolute atomic E-state index is 0.145. The van der Waals surface area contributed by atoms with Gasteiger partial charge in [0.15, 0.2) is 0 Å². The summed E-state index contributed by atoms with van der Waals surface area (Å²) in [6.45, 7) is 4.31. The molecule has 132 valence electrons. The number of rotatable bonds is 4. The maximum atomic E-state index is 12.3. The van der Waals surface area contributed by atoms with Gasteiger partial charge in [0.1, 0.15) is 0 Å². The third kappa shape index (κ3) is 3.75. The quantitative estimate of drug-likeness (QED) is 0.892. The van der Waals surface area contributed by atoms with Gasteiger partial charge in [0, 0.05) is 47.5 Å². The zero-order valence-electron chi connectivity index (χ0n) is 14.1. The van der Waals surface area contributed by atoms with Gasteiger partial charge in [0.2, 0.25) is 5.91 Å². The van der Waals surface area contributed by atoms with Gasteiger partial charge in [-0.3, -0.25) is 9.69 Å². The van der Waals surface area contributed by atoms with Crippen molar-refractivity contribution in [2.75, 3.05) is 26.2 Å². The molecule has 0 bridgehead atoms. The molecule has 1 amide bonds. The molecule has 25 heavy (non-hydrogen) atoms. The summed E-state index contributed by atoms with van der Waals surface area (Å²) in [4.78, 5) is 19.2. The van der Waals surface area contributed by atoms with Crippen LogP contribution < -0.4 is 5.73 Å². The summed E-state index contributed by atoms with van der Waals surface area (Å²) in [7, 11) is 0. The topological polar surface area (TPSA) is 49.6 Å². The third-order valence-corrected chi connectivity index (χ3v) is 6.38. The Hall–Kier alpha value is -1.40. The highest BCUT2D eigenvalue weighted by Crippen LogP contribution is 2.34. The SMILES string of the molecule is NC1(C(=O)N2CCN(Cc3ccc(-c4cccc(Cl)c4)s3)CC2)CC1. The van der Waals surface area contributed by atoms with Crippen LogP contribution in [0.25, 0.3) is 10.4 Å². The molecule has 2 fully saturated rings. The van der Waals surface area contributed by atoms with Crippen molar-refractivity contribution in [1.82, 2.24) is 9.80 Å². The zero-order chi connectivity index (χ0) is 17.4. The average molecular weight is 376 g/mol. The van der Waals surface area contributed by atoms with Gasteiger partial charge in [0.25, 0.3) is 0 Å². The number of benzene rings is 1. The smallest absolute Gasteiger partial charge is 0.242 e. The molecule has 0 atom stereocenters. The molecule has 1 saturated carbocycles. The summed E-state index contributed by atoms with van der Waals surface area (Å²) in [5.74, 6) is 0.145. The first-order valence-corrected chi connectivity index (χ1v) is 9.88. The van der Waals surface area contributed by atoms with Gasteiger partial charge in [-0.15, -0.1) is 11.3 Å². The number of hydrogen-bond donors (Lipinski definition) is 1. The summed E-state index contributed by atoms with van der Waals surface area (Å²) in [6.07, 6.45) is 1.68. The summed E-state index contributed by atoms with van der Waals surface area (Å²) in [6, 6.07) is 12.3. The highest BCUT2D eigenvalue weighted by Gasteiger charge is 2.48. The van der Waals surface area contributed by atoms with Crippen molar-refractivity contribution in [3.63, 3.8) is 0 Å². The lowest BCUT2D eigenvalue weighted by atomic mass is 10.2. The van der Waals surface area contributed by atoms with Gasteiger partial charge in [-0.2, -0.15) is 0 Å². The Labute approximate surface area is 157 Å². The first-order chi connectivity index (χ1) is 12.0. The number of carbonyl (C=O) groups is 1. The standard InChI is InChI=1S/C19H22ClN3OS/c20-15-3-1-2-14(12-15)17-5-4-16(25-17)13-22-8-10-23(11-9-22)18(24)19(21)6-7-19/h1-5,12H,6-11,13,21H2. The predicted molar refractivity (Wildman–Crippen MR) is 103 cm³/mol. The van der Waals surface area contributed by atoms with E-state index in [1.807, 2.05) is 34.4 Å². The lowest BCUT2D eigenvalue weighted by molar-refractivity contribution is -0.135. The Balaban J connectivity index is 1.34. The van der Waals surface area contributed by atoms with Crippen molar-refractivity contribution in [3.05, 3.63) is 46.3 Å². The van der Waals surface area contributed by atoms with E-state index in [1.54, 1.807) is 0 Å². The summed E-state index contributed by atoms with van der Waals surface area (Å²) < 4.78 is 0. The molecular formula is C19H22ClN3OS. The predicted octanol–water partition coefficient (Wildman–Crippen LogP) is 3.20. The van der Waals surface area contributed by atoms with E-state index in [2.05, 4.69) is 23.1 Å². The molecule has 1 aromatic carbocycles. The molecule has 2 aromatic rings. The highest BCUT2D eigenvalue weighted by molar-refractivity contribution is 7.15. The first kappa shape index (κ1) is 17.0. The van der Waals surface area contributed by atoms with E-state index < -0.39 is 5.54 Å². The summed E-state index contributed by atoms with van der Waals surface area (Å²) in [5.41, 5.74) is 6.66. The molecule has 4 nitrogen and oxygen atoms in total. The van der Waals surface area contributed by atoms with Gasteiger partial charge in [-0.1, -0.05) is 23.7 Å². The Morgan fingerprint density at radius 2 is 1.92 bits per heavy atom. The number of amides is 1. The molecule has 0 spiro atoms. The van der Waals surface area contributed by atoms with E-state index in [0.717, 1.165) is 56.2 Å². The number of carbonyl (C=O) groups excluding carboxylic acids is 1. The van der Waals surface area contributed by atoms with Crippen LogP contribution in [0.5, 0.6) is 0 Å². The number of nitrogens with two attached hydrogens (primary N) is 1. The van der Waals surface area contributed by atoms with E-state index in [-0.39, 0.29) is 5.91 Å². The second-order valence-corrected chi connectivity index (χ2v) is 8.61. The maximum absolute atomic E-state index is 12.3. The van der Waals surface area contributed by atoms with Crippen molar-refractivity contribution < 1.29 is 4.79 Å². The van der Waals surface area contributed by atoms with E-state index in [9.17, 15) is 4.79 Å². The van der Waals surface area contributed by atoms with Gasteiger partial charge in [-0.05, 0) is 42.7 Å².